The van der Waals surface area contributed by atoms with Crippen LogP contribution in [-0.4, -0.2) is 33.3 Å². The van der Waals surface area contributed by atoms with E-state index in [0.717, 1.165) is 6.92 Å². The zero-order chi connectivity index (χ0) is 9.07. The summed E-state index contributed by atoms with van der Waals surface area (Å²) in [6.07, 6.45) is 0. The van der Waals surface area contributed by atoms with Gasteiger partial charge in [-0.2, -0.15) is 0 Å². The minimum absolute atomic E-state index is 0.702. The molecule has 0 aromatic carbocycles. The second-order valence-electron chi connectivity index (χ2n) is 1.89. The number of ether oxygens (including phenoxy) is 1. The van der Waals surface area contributed by atoms with Crippen LogP contribution in [0.3, 0.4) is 0 Å². The summed E-state index contributed by atoms with van der Waals surface area (Å²) in [5.41, 5.74) is 0. The third kappa shape index (κ3) is 4.92. The number of rotatable bonds is 4. The zero-order valence-corrected chi connectivity index (χ0v) is 6.69. The van der Waals surface area contributed by atoms with Crippen LogP contribution in [-0.2, 0) is 14.1 Å². The van der Waals surface area contributed by atoms with Crippen molar-refractivity contribution in [1.82, 2.24) is 0 Å². The minimum Gasteiger partial charge on any atom is -0.480 e. The fourth-order valence-electron chi connectivity index (χ4n) is 0.289. The molecule has 6 nitrogen and oxygen atoms in total. The Morgan fingerprint density at radius 2 is 2.09 bits per heavy atom. The molecular weight excluding hydrogens is 175 g/mol. The highest BCUT2D eigenvalue weighted by Gasteiger charge is 2.24. The topological polar surface area (TPSA) is 104 Å². The average molecular weight is 184 g/mol. The minimum atomic E-state index is -4.30. The number of carbonyl (C=O) groups is 1. The first-order chi connectivity index (χ1) is 4.84. The normalized spacial score (nSPS) is 14.5. The number of carboxylic acid groups (broad SMARTS) is 1. The molecule has 0 amide bonds. The summed E-state index contributed by atoms with van der Waals surface area (Å²) in [5.74, 6) is -2.62. The maximum atomic E-state index is 10.3. The van der Waals surface area contributed by atoms with E-state index < -0.39 is 26.0 Å². The van der Waals surface area contributed by atoms with Gasteiger partial charge in [0.25, 0.3) is 0 Å². The van der Waals surface area contributed by atoms with Gasteiger partial charge < -0.3 is 19.6 Å². The first kappa shape index (κ1) is 10.6. The van der Waals surface area contributed by atoms with Crippen molar-refractivity contribution in [2.75, 3.05) is 6.61 Å². The van der Waals surface area contributed by atoms with E-state index in [9.17, 15) is 9.36 Å². The van der Waals surface area contributed by atoms with Gasteiger partial charge in [0.05, 0.1) is 0 Å². The molecule has 0 radical (unpaired) electrons. The molecule has 7 heteroatoms. The Labute approximate surface area is 63.0 Å². The molecule has 0 fully saturated rings. The molecular formula is C4H9O6P. The average Bonchev–Trinajstić information content (AvgIpc) is 1.80. The lowest BCUT2D eigenvalue weighted by Gasteiger charge is -2.11. The molecule has 3 N–H and O–H groups in total. The van der Waals surface area contributed by atoms with Gasteiger partial charge in [-0.15, -0.1) is 0 Å². The third-order valence-electron chi connectivity index (χ3n) is 0.922. The van der Waals surface area contributed by atoms with E-state index in [1.165, 1.54) is 0 Å². The van der Waals surface area contributed by atoms with Crippen LogP contribution in [0.4, 0.5) is 0 Å². The maximum absolute atomic E-state index is 10.3. The molecule has 0 aromatic heterocycles. The van der Waals surface area contributed by atoms with Gasteiger partial charge in [-0.05, 0) is 6.92 Å². The lowest BCUT2D eigenvalue weighted by molar-refractivity contribution is -0.142. The van der Waals surface area contributed by atoms with Crippen LogP contribution in [0, 0.1) is 0 Å². The van der Waals surface area contributed by atoms with Gasteiger partial charge in [-0.1, -0.05) is 0 Å². The molecule has 11 heavy (non-hydrogen) atoms. The molecule has 1 unspecified atom stereocenters. The van der Waals surface area contributed by atoms with Crippen LogP contribution in [0.5, 0.6) is 0 Å². The summed E-state index contributed by atoms with van der Waals surface area (Å²) in [6, 6.07) is 0. The van der Waals surface area contributed by atoms with Crippen molar-refractivity contribution in [3.8, 4) is 0 Å². The van der Waals surface area contributed by atoms with Crippen LogP contribution in [0.1, 0.15) is 6.92 Å². The molecule has 0 spiro atoms. The van der Waals surface area contributed by atoms with Crippen molar-refractivity contribution in [1.29, 1.82) is 0 Å². The maximum Gasteiger partial charge on any atom is 0.353 e. The summed E-state index contributed by atoms with van der Waals surface area (Å²) >= 11 is 0. The summed E-state index contributed by atoms with van der Waals surface area (Å²) in [4.78, 5) is 26.6. The molecule has 0 saturated heterocycles. The quantitative estimate of drug-likeness (QED) is 0.514. The van der Waals surface area contributed by atoms with Gasteiger partial charge in [0.2, 0.25) is 0 Å². The molecule has 1 atom stereocenters. The zero-order valence-electron chi connectivity index (χ0n) is 5.80. The summed E-state index contributed by atoms with van der Waals surface area (Å²) < 4.78 is 14.6. The highest BCUT2D eigenvalue weighted by Crippen LogP contribution is 2.41. The molecule has 0 aliphatic heterocycles. The van der Waals surface area contributed by atoms with Gasteiger partial charge >= 0.3 is 13.6 Å². The largest absolute Gasteiger partial charge is 0.480 e. The fourth-order valence-corrected chi connectivity index (χ4v) is 0.558. The fraction of sp³-hybridized carbons (Fsp3) is 0.750. The van der Waals surface area contributed by atoms with Crippen molar-refractivity contribution in [3.63, 3.8) is 0 Å². The second-order valence-corrected chi connectivity index (χ2v) is 3.80. The molecule has 66 valence electrons. The Bertz CT molecular complexity index is 183. The molecule has 0 saturated carbocycles. The lowest BCUT2D eigenvalue weighted by atomic mass is 10.7. The molecule has 0 heterocycles. The van der Waals surface area contributed by atoms with Crippen LogP contribution in [0.25, 0.3) is 0 Å². The summed E-state index contributed by atoms with van der Waals surface area (Å²) in [6.45, 7) is 0.413. The third-order valence-corrected chi connectivity index (χ3v) is 2.02. The lowest BCUT2D eigenvalue weighted by Crippen LogP contribution is -2.15. The van der Waals surface area contributed by atoms with E-state index in [4.69, 9.17) is 14.9 Å². The van der Waals surface area contributed by atoms with Gasteiger partial charge in [-0.3, -0.25) is 4.57 Å². The number of aliphatic carboxylic acids is 1. The Balaban J connectivity index is 3.80. The molecule has 0 rings (SSSR count). The number of hydrogen-bond donors (Lipinski definition) is 3. The predicted molar refractivity (Wildman–Crippen MR) is 35.1 cm³/mol. The van der Waals surface area contributed by atoms with E-state index >= 15 is 0 Å². The Hall–Kier alpha value is -0.420. The van der Waals surface area contributed by atoms with Crippen molar-refractivity contribution in [2.24, 2.45) is 0 Å². The van der Waals surface area contributed by atoms with Crippen molar-refractivity contribution < 1.29 is 29.0 Å². The van der Waals surface area contributed by atoms with Crippen LogP contribution >= 0.6 is 7.60 Å². The predicted octanol–water partition coefficient (Wildman–Crippen LogP) is -0.389. The highest BCUT2D eigenvalue weighted by molar-refractivity contribution is 7.52. The van der Waals surface area contributed by atoms with Gasteiger partial charge in [0.1, 0.15) is 6.61 Å². The molecule has 0 bridgehead atoms. The van der Waals surface area contributed by atoms with Gasteiger partial charge in [0, 0.05) is 0 Å². The Morgan fingerprint density at radius 3 is 2.36 bits per heavy atom. The monoisotopic (exact) mass is 184 g/mol. The van der Waals surface area contributed by atoms with E-state index in [1.807, 2.05) is 0 Å². The number of hydrogen-bond acceptors (Lipinski definition) is 3. The first-order valence-corrected chi connectivity index (χ1v) is 4.41. The smallest absolute Gasteiger partial charge is 0.353 e. The molecule has 0 aliphatic carbocycles. The SMILES string of the molecule is CC(OCC(=O)O)P(=O)(O)O. The van der Waals surface area contributed by atoms with E-state index in [2.05, 4.69) is 4.74 Å². The standard InChI is InChI=1S/C4H9O6P/c1-3(11(7,8)9)10-2-4(5)6/h3H,2H2,1H3,(H,5,6)(H2,7,8,9). The number of carboxylic acids is 1. The second kappa shape index (κ2) is 3.82. The highest BCUT2D eigenvalue weighted by atomic mass is 31.2. The van der Waals surface area contributed by atoms with Crippen molar-refractivity contribution in [2.45, 2.75) is 12.8 Å². The summed E-state index contributed by atoms with van der Waals surface area (Å²) in [5, 5.41) is 8.05. The van der Waals surface area contributed by atoms with Crippen LogP contribution < -0.4 is 0 Å². The first-order valence-electron chi connectivity index (χ1n) is 2.72. The van der Waals surface area contributed by atoms with Gasteiger partial charge in [-0.25, -0.2) is 4.79 Å². The van der Waals surface area contributed by atoms with Crippen molar-refractivity contribution >= 4 is 13.6 Å². The van der Waals surface area contributed by atoms with E-state index in [1.54, 1.807) is 0 Å². The van der Waals surface area contributed by atoms with Crippen LogP contribution in [0.15, 0.2) is 0 Å². The molecule has 0 aromatic rings. The van der Waals surface area contributed by atoms with E-state index in [0.29, 0.717) is 0 Å². The Kier molecular flexibility index (Phi) is 3.68. The van der Waals surface area contributed by atoms with Crippen LogP contribution in [0.2, 0.25) is 0 Å². The molecule has 0 aliphatic rings. The Morgan fingerprint density at radius 1 is 1.64 bits per heavy atom. The van der Waals surface area contributed by atoms with Crippen molar-refractivity contribution in [3.05, 3.63) is 0 Å². The summed E-state index contributed by atoms with van der Waals surface area (Å²) in [7, 11) is -4.30. The van der Waals surface area contributed by atoms with E-state index in [-0.39, 0.29) is 0 Å². The van der Waals surface area contributed by atoms with Gasteiger partial charge in [0.15, 0.2) is 5.85 Å².